The fourth-order valence-corrected chi connectivity index (χ4v) is 5.01. The number of nitrogens with zero attached hydrogens (tertiary/aromatic N) is 1. The van der Waals surface area contributed by atoms with Crippen molar-refractivity contribution in [2.45, 2.75) is 39.2 Å². The molecule has 0 spiro atoms. The molecule has 0 aliphatic heterocycles. The fraction of sp³-hybridized carbons (Fsp3) is 0.286. The van der Waals surface area contributed by atoms with Crippen LogP contribution in [0.1, 0.15) is 49.6 Å². The quantitative estimate of drug-likeness (QED) is 0.359. The van der Waals surface area contributed by atoms with E-state index in [2.05, 4.69) is 37.6 Å². The first-order chi connectivity index (χ1) is 15.5. The van der Waals surface area contributed by atoms with Crippen molar-refractivity contribution in [3.05, 3.63) is 105 Å². The van der Waals surface area contributed by atoms with E-state index in [9.17, 15) is 4.79 Å². The van der Waals surface area contributed by atoms with Crippen LogP contribution in [-0.2, 0) is 16.7 Å². The van der Waals surface area contributed by atoms with E-state index in [-0.39, 0.29) is 11.5 Å². The summed E-state index contributed by atoms with van der Waals surface area (Å²) in [6.07, 6.45) is 12.1. The molecular formula is C28H30N2O2. The Morgan fingerprint density at radius 2 is 2.06 bits per heavy atom. The lowest BCUT2D eigenvalue weighted by atomic mass is 9.63. The smallest absolute Gasteiger partial charge is 0.248 e. The van der Waals surface area contributed by atoms with E-state index in [1.165, 1.54) is 11.1 Å². The van der Waals surface area contributed by atoms with Gasteiger partial charge in [0.15, 0.2) is 0 Å². The number of pyridine rings is 1. The fourth-order valence-electron chi connectivity index (χ4n) is 5.01. The van der Waals surface area contributed by atoms with Crippen LogP contribution in [0, 0.1) is 5.92 Å². The summed E-state index contributed by atoms with van der Waals surface area (Å²) in [6.45, 7) is 10.8. The summed E-state index contributed by atoms with van der Waals surface area (Å²) in [5, 5.41) is 0. The second kappa shape index (κ2) is 8.99. The van der Waals surface area contributed by atoms with Crippen molar-refractivity contribution in [3.8, 4) is 0 Å². The maximum absolute atomic E-state index is 12.0. The SMILES string of the molecule is C=C(OCC)c1ccc(/C=C/C=N/C23CC(C)=CC(Cc4[nH]c(=O)ccc42)/C3=C\C)cc1. The number of aromatic amines is 1. The normalized spacial score (nSPS) is 23.4. The largest absolute Gasteiger partial charge is 0.494 e. The average Bonchev–Trinajstić information content (AvgIpc) is 2.76. The Morgan fingerprint density at radius 1 is 1.28 bits per heavy atom. The number of aromatic nitrogens is 1. The first kappa shape index (κ1) is 21.8. The summed E-state index contributed by atoms with van der Waals surface area (Å²) in [5.74, 6) is 0.957. The summed E-state index contributed by atoms with van der Waals surface area (Å²) in [4.78, 5) is 20.1. The van der Waals surface area contributed by atoms with Gasteiger partial charge in [-0.1, -0.05) is 54.6 Å². The minimum absolute atomic E-state index is 0.0547. The molecule has 2 aromatic rings. The van der Waals surface area contributed by atoms with E-state index in [0.29, 0.717) is 12.4 Å². The molecule has 2 atom stereocenters. The first-order valence-electron chi connectivity index (χ1n) is 11.2. The van der Waals surface area contributed by atoms with Crippen LogP contribution < -0.4 is 5.56 Å². The summed E-state index contributed by atoms with van der Waals surface area (Å²) in [6, 6.07) is 11.7. The monoisotopic (exact) mass is 426 g/mol. The third-order valence-corrected chi connectivity index (χ3v) is 6.30. The molecule has 4 rings (SSSR count). The predicted molar refractivity (Wildman–Crippen MR) is 133 cm³/mol. The van der Waals surface area contributed by atoms with Crippen LogP contribution in [0.4, 0.5) is 0 Å². The van der Waals surface area contributed by atoms with Gasteiger partial charge in [-0.15, -0.1) is 0 Å². The lowest BCUT2D eigenvalue weighted by Gasteiger charge is -2.45. The van der Waals surface area contributed by atoms with E-state index >= 15 is 0 Å². The van der Waals surface area contributed by atoms with Crippen molar-refractivity contribution in [3.63, 3.8) is 0 Å². The van der Waals surface area contributed by atoms with E-state index in [1.54, 1.807) is 6.07 Å². The molecule has 164 valence electrons. The number of nitrogens with one attached hydrogen (secondary N) is 1. The second-order valence-electron chi connectivity index (χ2n) is 8.44. The zero-order valence-electron chi connectivity index (χ0n) is 19.0. The molecule has 1 aromatic heterocycles. The van der Waals surface area contributed by atoms with Gasteiger partial charge in [-0.05, 0) is 50.5 Å². The van der Waals surface area contributed by atoms with Crippen LogP contribution >= 0.6 is 0 Å². The molecule has 2 aliphatic carbocycles. The Morgan fingerprint density at radius 3 is 2.78 bits per heavy atom. The number of benzene rings is 1. The first-order valence-corrected chi connectivity index (χ1v) is 11.2. The van der Waals surface area contributed by atoms with Gasteiger partial charge in [-0.3, -0.25) is 9.79 Å². The number of fused-ring (bicyclic) bond motifs is 4. The van der Waals surface area contributed by atoms with Crippen molar-refractivity contribution in [2.24, 2.45) is 10.9 Å². The molecule has 0 radical (unpaired) electrons. The van der Waals surface area contributed by atoms with Crippen molar-refractivity contribution < 1.29 is 4.74 Å². The Hall–Kier alpha value is -3.40. The van der Waals surface area contributed by atoms with E-state index in [0.717, 1.165) is 35.2 Å². The number of allylic oxidation sites excluding steroid dienone is 3. The molecule has 0 saturated heterocycles. The predicted octanol–water partition coefficient (Wildman–Crippen LogP) is 5.83. The molecule has 4 nitrogen and oxygen atoms in total. The van der Waals surface area contributed by atoms with Crippen LogP contribution in [0.2, 0.25) is 0 Å². The molecule has 2 bridgehead atoms. The molecule has 1 N–H and O–H groups in total. The topological polar surface area (TPSA) is 54.4 Å². The van der Waals surface area contributed by atoms with Gasteiger partial charge in [0, 0.05) is 41.4 Å². The minimum Gasteiger partial charge on any atom is -0.494 e. The van der Waals surface area contributed by atoms with E-state index < -0.39 is 5.54 Å². The molecule has 0 fully saturated rings. The third-order valence-electron chi connectivity index (χ3n) is 6.30. The van der Waals surface area contributed by atoms with Gasteiger partial charge in [0.25, 0.3) is 0 Å². The highest BCUT2D eigenvalue weighted by atomic mass is 16.5. The molecular weight excluding hydrogens is 396 g/mol. The van der Waals surface area contributed by atoms with Gasteiger partial charge in [0.2, 0.25) is 5.56 Å². The minimum atomic E-state index is -0.459. The molecule has 32 heavy (non-hydrogen) atoms. The number of ether oxygens (including phenoxy) is 1. The Bertz CT molecular complexity index is 1190. The van der Waals surface area contributed by atoms with Crippen LogP contribution in [0.5, 0.6) is 0 Å². The Balaban J connectivity index is 1.64. The summed E-state index contributed by atoms with van der Waals surface area (Å²) in [7, 11) is 0. The van der Waals surface area contributed by atoms with Gasteiger partial charge in [0.1, 0.15) is 11.3 Å². The average molecular weight is 427 g/mol. The maximum Gasteiger partial charge on any atom is 0.248 e. The van der Waals surface area contributed by atoms with Crippen molar-refractivity contribution in [2.75, 3.05) is 6.61 Å². The summed E-state index contributed by atoms with van der Waals surface area (Å²) < 4.78 is 5.47. The van der Waals surface area contributed by atoms with Crippen molar-refractivity contribution in [1.29, 1.82) is 0 Å². The number of hydrogen-bond acceptors (Lipinski definition) is 3. The van der Waals surface area contributed by atoms with Gasteiger partial charge < -0.3 is 9.72 Å². The summed E-state index contributed by atoms with van der Waals surface area (Å²) in [5.41, 5.74) is 6.31. The third kappa shape index (κ3) is 4.05. The van der Waals surface area contributed by atoms with Crippen LogP contribution in [0.3, 0.4) is 0 Å². The van der Waals surface area contributed by atoms with Crippen molar-refractivity contribution in [1.82, 2.24) is 4.98 Å². The van der Waals surface area contributed by atoms with E-state index in [1.807, 2.05) is 55.6 Å². The lowest BCUT2D eigenvalue weighted by Crippen LogP contribution is -2.40. The van der Waals surface area contributed by atoms with Crippen LogP contribution in [0.25, 0.3) is 11.8 Å². The standard InChI is InChI=1S/C28H30N2O2/c1-5-24-23-16-19(3)18-28(24,25-13-14-27(31)30-26(25)17-23)29-15-7-8-21-9-11-22(12-10-21)20(4)32-6-2/h5,7-16,23H,4,6,17-18H2,1-3H3,(H,30,31)/b8-7+,24-5+,29-15+. The number of aliphatic imine (C=N–C) groups is 1. The van der Waals surface area contributed by atoms with Gasteiger partial charge >= 0.3 is 0 Å². The lowest BCUT2D eigenvalue weighted by molar-refractivity contribution is 0.299. The zero-order valence-corrected chi connectivity index (χ0v) is 19.0. The van der Waals surface area contributed by atoms with Crippen LogP contribution in [-0.4, -0.2) is 17.8 Å². The van der Waals surface area contributed by atoms with Crippen LogP contribution in [0.15, 0.2) is 82.1 Å². The number of hydrogen-bond donors (Lipinski definition) is 1. The highest BCUT2D eigenvalue weighted by molar-refractivity contribution is 5.79. The van der Waals surface area contributed by atoms with Crippen molar-refractivity contribution >= 4 is 18.0 Å². The Kier molecular flexibility index (Phi) is 6.13. The Labute approximate surface area is 189 Å². The van der Waals surface area contributed by atoms with E-state index in [4.69, 9.17) is 9.73 Å². The maximum atomic E-state index is 12.0. The zero-order chi connectivity index (χ0) is 22.7. The number of rotatable bonds is 6. The molecule has 1 heterocycles. The molecule has 0 amide bonds. The molecule has 2 unspecified atom stereocenters. The van der Waals surface area contributed by atoms with Gasteiger partial charge in [-0.2, -0.15) is 0 Å². The van der Waals surface area contributed by atoms with Gasteiger partial charge in [0.05, 0.1) is 6.61 Å². The molecule has 0 saturated carbocycles. The highest BCUT2D eigenvalue weighted by Crippen LogP contribution is 2.51. The summed E-state index contributed by atoms with van der Waals surface area (Å²) >= 11 is 0. The second-order valence-corrected chi connectivity index (χ2v) is 8.44. The highest BCUT2D eigenvalue weighted by Gasteiger charge is 2.46. The molecule has 4 heteroatoms. The number of H-pyrrole nitrogens is 1. The van der Waals surface area contributed by atoms with Gasteiger partial charge in [-0.25, -0.2) is 0 Å². The molecule has 2 aliphatic rings. The molecule has 1 aromatic carbocycles.